The number of β-amino-alcohol motifs (C(OH)–C–C–N with tert-alkyl or cyclic N) is 1. The SMILES string of the molecule is CC(C)(CC(=O)N[C@@H]1CSc2cc(F)ccc2N(Cc2ccc(-c3ccccc3S(=O)(=O)NC(=O)c3ccccc3)cc2)C1=O)NC[C@H](O)CO. The lowest BCUT2D eigenvalue weighted by molar-refractivity contribution is -0.128. The molecule has 0 aromatic heterocycles. The summed E-state index contributed by atoms with van der Waals surface area (Å²) in [5.74, 6) is -1.85. The third-order valence-electron chi connectivity index (χ3n) is 8.19. The monoisotopic (exact) mass is 734 g/mol. The average molecular weight is 735 g/mol. The smallest absolute Gasteiger partial charge is 0.264 e. The Hall–Kier alpha value is -4.60. The average Bonchev–Trinajstić information content (AvgIpc) is 3.23. The number of benzene rings is 4. The number of aliphatic hydroxyl groups is 2. The molecule has 0 fully saturated rings. The van der Waals surface area contributed by atoms with Crippen LogP contribution in [0.3, 0.4) is 0 Å². The number of nitrogens with zero attached hydrogens (tertiary/aromatic N) is 1. The molecule has 0 unspecified atom stereocenters. The summed E-state index contributed by atoms with van der Waals surface area (Å²) in [6, 6.07) is 24.5. The van der Waals surface area contributed by atoms with Crippen LogP contribution >= 0.6 is 11.8 Å². The molecule has 5 rings (SSSR count). The van der Waals surface area contributed by atoms with Crippen LogP contribution in [0.15, 0.2) is 107 Å². The van der Waals surface area contributed by atoms with Crippen molar-refractivity contribution in [2.75, 3.05) is 23.8 Å². The molecular formula is C37H39FN4O7S2. The Kier molecular flexibility index (Phi) is 11.9. The van der Waals surface area contributed by atoms with Gasteiger partial charge in [0.2, 0.25) is 5.91 Å². The summed E-state index contributed by atoms with van der Waals surface area (Å²) < 4.78 is 43.1. The van der Waals surface area contributed by atoms with Crippen LogP contribution < -0.4 is 20.3 Å². The second-order valence-corrected chi connectivity index (χ2v) is 15.5. The zero-order valence-corrected chi connectivity index (χ0v) is 29.6. The number of amides is 3. The number of anilines is 1. The van der Waals surface area contributed by atoms with Gasteiger partial charge in [0.25, 0.3) is 21.8 Å². The van der Waals surface area contributed by atoms with Crippen molar-refractivity contribution in [3.05, 3.63) is 114 Å². The predicted molar refractivity (Wildman–Crippen MR) is 193 cm³/mol. The van der Waals surface area contributed by atoms with Crippen LogP contribution in [0.5, 0.6) is 0 Å². The van der Waals surface area contributed by atoms with Crippen molar-refractivity contribution < 1.29 is 37.4 Å². The minimum Gasteiger partial charge on any atom is -0.394 e. The van der Waals surface area contributed by atoms with Gasteiger partial charge in [-0.2, -0.15) is 0 Å². The number of nitrogens with one attached hydrogen (secondary N) is 3. The number of hydrogen-bond donors (Lipinski definition) is 5. The number of rotatable bonds is 13. The van der Waals surface area contributed by atoms with Crippen LogP contribution in [0.1, 0.15) is 36.2 Å². The third-order valence-corrected chi connectivity index (χ3v) is 10.7. The van der Waals surface area contributed by atoms with E-state index in [1.807, 2.05) is 0 Å². The fourth-order valence-electron chi connectivity index (χ4n) is 5.55. The van der Waals surface area contributed by atoms with Gasteiger partial charge in [0, 0.05) is 40.3 Å². The van der Waals surface area contributed by atoms with E-state index in [0.717, 1.165) is 0 Å². The second-order valence-electron chi connectivity index (χ2n) is 12.7. The van der Waals surface area contributed by atoms with E-state index in [1.54, 1.807) is 74.5 Å². The maximum absolute atomic E-state index is 14.3. The molecule has 11 nitrogen and oxygen atoms in total. The fourth-order valence-corrected chi connectivity index (χ4v) is 7.85. The molecule has 14 heteroatoms. The lowest BCUT2D eigenvalue weighted by Gasteiger charge is -2.29. The van der Waals surface area contributed by atoms with Crippen LogP contribution in [0.2, 0.25) is 0 Å². The molecule has 0 spiro atoms. The van der Waals surface area contributed by atoms with Gasteiger partial charge in [-0.3, -0.25) is 14.4 Å². The molecule has 0 saturated carbocycles. The number of carbonyl (C=O) groups is 3. The van der Waals surface area contributed by atoms with E-state index in [2.05, 4.69) is 15.4 Å². The van der Waals surface area contributed by atoms with E-state index >= 15 is 0 Å². The maximum atomic E-state index is 14.3. The highest BCUT2D eigenvalue weighted by atomic mass is 32.2. The first-order valence-corrected chi connectivity index (χ1v) is 18.6. The zero-order chi connectivity index (χ0) is 36.8. The van der Waals surface area contributed by atoms with Gasteiger partial charge >= 0.3 is 0 Å². The van der Waals surface area contributed by atoms with Gasteiger partial charge in [-0.25, -0.2) is 17.5 Å². The van der Waals surface area contributed by atoms with Crippen LogP contribution in [0.25, 0.3) is 11.1 Å². The number of hydrogen-bond acceptors (Lipinski definition) is 9. The molecule has 1 aliphatic heterocycles. The van der Waals surface area contributed by atoms with Gasteiger partial charge in [-0.05, 0) is 61.4 Å². The van der Waals surface area contributed by atoms with Crippen LogP contribution in [0, 0.1) is 5.82 Å². The molecule has 0 bridgehead atoms. The topological polar surface area (TPSA) is 165 Å². The van der Waals surface area contributed by atoms with E-state index in [4.69, 9.17) is 5.11 Å². The summed E-state index contributed by atoms with van der Waals surface area (Å²) in [7, 11) is -4.25. The molecule has 268 valence electrons. The van der Waals surface area contributed by atoms with Crippen molar-refractivity contribution in [3.63, 3.8) is 0 Å². The summed E-state index contributed by atoms with van der Waals surface area (Å²) >= 11 is 1.25. The van der Waals surface area contributed by atoms with Crippen molar-refractivity contribution in [3.8, 4) is 11.1 Å². The third kappa shape index (κ3) is 9.60. The van der Waals surface area contributed by atoms with Crippen LogP contribution in [-0.2, 0) is 26.2 Å². The summed E-state index contributed by atoms with van der Waals surface area (Å²) in [4.78, 5) is 41.8. The molecule has 4 aromatic carbocycles. The lowest BCUT2D eigenvalue weighted by Crippen LogP contribution is -2.52. The number of fused-ring (bicyclic) bond motifs is 1. The molecule has 0 saturated heterocycles. The highest BCUT2D eigenvalue weighted by molar-refractivity contribution is 7.99. The quantitative estimate of drug-likeness (QED) is 0.137. The molecule has 3 amide bonds. The summed E-state index contributed by atoms with van der Waals surface area (Å²) in [5, 5.41) is 24.7. The Morgan fingerprint density at radius 1 is 1.00 bits per heavy atom. The first-order valence-electron chi connectivity index (χ1n) is 16.1. The number of thioether (sulfide) groups is 1. The number of carbonyl (C=O) groups excluding carboxylic acids is 3. The normalized spacial score (nSPS) is 15.4. The molecule has 51 heavy (non-hydrogen) atoms. The largest absolute Gasteiger partial charge is 0.394 e. The van der Waals surface area contributed by atoms with E-state index in [0.29, 0.717) is 27.3 Å². The molecule has 5 N–H and O–H groups in total. The highest BCUT2D eigenvalue weighted by Gasteiger charge is 2.34. The fraction of sp³-hybridized carbons (Fsp3) is 0.270. The highest BCUT2D eigenvalue weighted by Crippen LogP contribution is 2.36. The molecular weight excluding hydrogens is 696 g/mol. The molecule has 4 aromatic rings. The van der Waals surface area contributed by atoms with Gasteiger partial charge in [-0.15, -0.1) is 11.8 Å². The molecule has 0 aliphatic carbocycles. The Morgan fingerprint density at radius 3 is 2.39 bits per heavy atom. The van der Waals surface area contributed by atoms with Gasteiger partial charge in [-0.1, -0.05) is 60.7 Å². The first-order chi connectivity index (χ1) is 24.3. The van der Waals surface area contributed by atoms with Crippen LogP contribution in [-0.4, -0.2) is 72.9 Å². The second kappa shape index (κ2) is 16.2. The maximum Gasteiger partial charge on any atom is 0.264 e. The van der Waals surface area contributed by atoms with Crippen molar-refractivity contribution in [2.24, 2.45) is 0 Å². The first kappa shape index (κ1) is 37.7. The standard InChI is InChI=1S/C37H39FN4O7S2/c1-37(2,39-20-28(44)22-43)19-34(45)40-30-23-50-32-18-27(38)16-17-31(32)42(36(30)47)21-24-12-14-25(15-13-24)29-10-6-7-11-33(29)51(48,49)41-35(46)26-8-4-3-5-9-26/h3-18,28,30,39,43-44H,19-23H2,1-2H3,(H,40,45)(H,41,46)/t28-,30+/m0/s1. The minimum absolute atomic E-state index is 0.0181. The molecule has 1 heterocycles. The summed E-state index contributed by atoms with van der Waals surface area (Å²) in [6.45, 7) is 3.26. The van der Waals surface area contributed by atoms with Gasteiger partial charge in [0.1, 0.15) is 11.9 Å². The van der Waals surface area contributed by atoms with E-state index in [9.17, 15) is 32.3 Å². The van der Waals surface area contributed by atoms with E-state index in [1.165, 1.54) is 53.1 Å². The number of halogens is 1. The van der Waals surface area contributed by atoms with Gasteiger partial charge in [0.05, 0.1) is 29.8 Å². The summed E-state index contributed by atoms with van der Waals surface area (Å²) in [5.41, 5.74) is 1.54. The Bertz CT molecular complexity index is 1990. The van der Waals surface area contributed by atoms with Gasteiger partial charge in [0.15, 0.2) is 0 Å². The molecule has 0 radical (unpaired) electrons. The lowest BCUT2D eigenvalue weighted by atomic mass is 9.99. The van der Waals surface area contributed by atoms with Crippen molar-refractivity contribution >= 4 is 45.2 Å². The Balaban J connectivity index is 1.35. The minimum atomic E-state index is -4.25. The number of aliphatic hydroxyl groups excluding tert-OH is 2. The predicted octanol–water partition coefficient (Wildman–Crippen LogP) is 3.85. The van der Waals surface area contributed by atoms with E-state index < -0.39 is 57.9 Å². The Morgan fingerprint density at radius 2 is 1.69 bits per heavy atom. The van der Waals surface area contributed by atoms with Crippen molar-refractivity contribution in [1.82, 2.24) is 15.4 Å². The molecule has 2 atom stereocenters. The Labute approximate surface area is 300 Å². The number of sulfonamides is 1. The summed E-state index contributed by atoms with van der Waals surface area (Å²) in [6.07, 6.45) is -1.00. The zero-order valence-electron chi connectivity index (χ0n) is 28.0. The molecule has 1 aliphatic rings. The van der Waals surface area contributed by atoms with Crippen LogP contribution in [0.4, 0.5) is 10.1 Å². The van der Waals surface area contributed by atoms with E-state index in [-0.39, 0.29) is 35.7 Å². The van der Waals surface area contributed by atoms with Gasteiger partial charge < -0.3 is 25.7 Å². The van der Waals surface area contributed by atoms with Crippen molar-refractivity contribution in [2.45, 2.75) is 54.3 Å². The van der Waals surface area contributed by atoms with Crippen molar-refractivity contribution in [1.29, 1.82) is 0 Å².